The number of carbonyl (C=O) groups is 2. The number of aryl methyl sites for hydroxylation is 1. The van der Waals surface area contributed by atoms with Crippen LogP contribution in [0.3, 0.4) is 0 Å². The first kappa shape index (κ1) is 41.6. The number of hydrogen-bond donors (Lipinski definition) is 11. The van der Waals surface area contributed by atoms with E-state index in [1.807, 2.05) is 6.92 Å². The third-order valence-corrected chi connectivity index (χ3v) is 9.06. The number of aromatic amines is 1. The maximum absolute atomic E-state index is 12.3. The number of phosphoric ester groups is 1. The number of rotatable bonds is 19. The number of nitrogens with one attached hydrogen (secondary N) is 2. The molecule has 0 amide bonds. The van der Waals surface area contributed by atoms with Crippen LogP contribution >= 0.6 is 7.82 Å². The molecule has 2 aromatic heterocycles. The number of carboxylic acid groups (broad SMARTS) is 2. The van der Waals surface area contributed by atoms with Crippen molar-refractivity contribution in [3.8, 4) is 0 Å². The van der Waals surface area contributed by atoms with Crippen molar-refractivity contribution in [2.45, 2.75) is 88.2 Å². The number of ether oxygens (including phenoxy) is 2. The molecule has 3 heterocycles. The normalized spacial score (nSPS) is 22.8. The maximum atomic E-state index is 12.3. The molecule has 292 valence electrons. The van der Waals surface area contributed by atoms with Gasteiger partial charge in [-0.3, -0.25) is 23.6 Å². The molecule has 1 saturated heterocycles. The number of nitrogens with two attached hydrogens (primary N) is 1. The van der Waals surface area contributed by atoms with Crippen molar-refractivity contribution in [2.24, 2.45) is 0 Å². The van der Waals surface area contributed by atoms with Crippen LogP contribution in [-0.4, -0.2) is 135 Å². The standard InChI is InChI=1S/C30H41N6O16P/c1-12(21-13(2)33-26-22(34-21)27(44)36-30(31)35-26)32-15-5-3-14(4-6-15)9-16(37)23(41)17(38)10-49-29-25(43)24(42)19(51-29)11-50-53(47,48)52-18(28(45)46)7-8-20(39)40/h3-6,12,16-19,23-25,29,32,37-38,41-43H,7-11H2,1-2H3,(H,39,40)(H,45,46)(H,47,48)(H3,31,33,35,36,44)/t12?,16?,17?,18?,19-,23?,24-,25-,29+/m1/s1. The Morgan fingerprint density at radius 2 is 1.75 bits per heavy atom. The van der Waals surface area contributed by atoms with Gasteiger partial charge in [0.2, 0.25) is 5.95 Å². The topological polar surface area (TPSA) is 360 Å². The number of fused-ring (bicyclic) bond motifs is 1. The molecule has 10 atom stereocenters. The zero-order chi connectivity index (χ0) is 39.2. The summed E-state index contributed by atoms with van der Waals surface area (Å²) in [7, 11) is -5.11. The second kappa shape index (κ2) is 17.8. The molecule has 0 saturated carbocycles. The molecule has 0 spiro atoms. The lowest BCUT2D eigenvalue weighted by atomic mass is 10.0. The molecule has 23 heteroatoms. The fourth-order valence-electron chi connectivity index (χ4n) is 5.27. The summed E-state index contributed by atoms with van der Waals surface area (Å²) in [5.41, 5.74) is 7.51. The highest BCUT2D eigenvalue weighted by atomic mass is 31.2. The molecule has 6 unspecified atom stereocenters. The first-order valence-electron chi connectivity index (χ1n) is 16.0. The summed E-state index contributed by atoms with van der Waals surface area (Å²) in [6, 6.07) is 6.37. The van der Waals surface area contributed by atoms with Crippen molar-refractivity contribution in [2.75, 3.05) is 24.3 Å². The maximum Gasteiger partial charge on any atom is 0.473 e. The molecule has 1 aliphatic rings. The number of H-pyrrole nitrogens is 1. The first-order valence-corrected chi connectivity index (χ1v) is 17.5. The van der Waals surface area contributed by atoms with E-state index in [2.05, 4.69) is 34.3 Å². The van der Waals surface area contributed by atoms with Gasteiger partial charge in [-0.15, -0.1) is 0 Å². The molecule has 0 aliphatic carbocycles. The van der Waals surface area contributed by atoms with E-state index in [0.29, 0.717) is 22.6 Å². The van der Waals surface area contributed by atoms with Gasteiger partial charge in [-0.05, 0) is 38.0 Å². The van der Waals surface area contributed by atoms with Crippen LogP contribution in [0.1, 0.15) is 42.8 Å². The fraction of sp³-hybridized carbons (Fsp3) is 0.533. The summed E-state index contributed by atoms with van der Waals surface area (Å²) < 4.78 is 32.0. The van der Waals surface area contributed by atoms with Crippen molar-refractivity contribution in [1.82, 2.24) is 19.9 Å². The second-order valence-electron chi connectivity index (χ2n) is 12.2. The molecule has 1 aliphatic heterocycles. The molecule has 22 nitrogen and oxygen atoms in total. The van der Waals surface area contributed by atoms with Gasteiger partial charge in [-0.1, -0.05) is 12.1 Å². The van der Waals surface area contributed by atoms with Crippen LogP contribution < -0.4 is 16.6 Å². The van der Waals surface area contributed by atoms with E-state index in [-0.39, 0.29) is 29.6 Å². The molecule has 4 rings (SSSR count). The minimum Gasteiger partial charge on any atom is -0.481 e. The van der Waals surface area contributed by atoms with Gasteiger partial charge in [0.05, 0.1) is 36.7 Å². The Kier molecular flexibility index (Phi) is 13.9. The summed E-state index contributed by atoms with van der Waals surface area (Å²) >= 11 is 0. The third-order valence-electron chi connectivity index (χ3n) is 8.06. The zero-order valence-electron chi connectivity index (χ0n) is 28.3. The van der Waals surface area contributed by atoms with E-state index >= 15 is 0 Å². The predicted octanol–water partition coefficient (Wildman–Crippen LogP) is -1.68. The third kappa shape index (κ3) is 11.2. The quantitative estimate of drug-likeness (QED) is 0.0606. The Morgan fingerprint density at radius 1 is 1.08 bits per heavy atom. The van der Waals surface area contributed by atoms with Gasteiger partial charge in [-0.2, -0.15) is 4.98 Å². The molecular weight excluding hydrogens is 731 g/mol. The van der Waals surface area contributed by atoms with Crippen molar-refractivity contribution >= 4 is 42.6 Å². The Morgan fingerprint density at radius 3 is 2.40 bits per heavy atom. The minimum atomic E-state index is -5.11. The highest BCUT2D eigenvalue weighted by molar-refractivity contribution is 7.47. The van der Waals surface area contributed by atoms with Gasteiger partial charge < -0.3 is 61.2 Å². The van der Waals surface area contributed by atoms with E-state index in [4.69, 9.17) is 25.4 Å². The Balaban J connectivity index is 1.24. The highest BCUT2D eigenvalue weighted by Gasteiger charge is 2.45. The Bertz CT molecular complexity index is 1850. The van der Waals surface area contributed by atoms with Gasteiger partial charge >= 0.3 is 19.8 Å². The number of aliphatic hydroxyl groups is 5. The Labute approximate surface area is 299 Å². The SMILES string of the molecule is Cc1nc2nc(N)[nH]c(=O)c2nc1C(C)Nc1ccc(CC(O)C(O)C(O)CO[C@H]2O[C@H](COP(=O)(O)OC(CCC(=O)O)C(=O)O)[C@@H](O)[C@H]2O)cc1. The molecule has 12 N–H and O–H groups in total. The van der Waals surface area contributed by atoms with Crippen LogP contribution in [0.25, 0.3) is 11.2 Å². The smallest absolute Gasteiger partial charge is 0.473 e. The molecule has 0 bridgehead atoms. The number of nitrogen functional groups attached to an aromatic ring is 1. The summed E-state index contributed by atoms with van der Waals surface area (Å²) in [6.07, 6.45) is -15.0. The lowest BCUT2D eigenvalue weighted by Gasteiger charge is -2.25. The predicted molar refractivity (Wildman–Crippen MR) is 179 cm³/mol. The summed E-state index contributed by atoms with van der Waals surface area (Å²) in [5.74, 6) is -3.16. The largest absolute Gasteiger partial charge is 0.481 e. The van der Waals surface area contributed by atoms with Crippen LogP contribution in [0, 0.1) is 6.92 Å². The van der Waals surface area contributed by atoms with E-state index in [9.17, 15) is 49.4 Å². The number of aromatic nitrogens is 4. The van der Waals surface area contributed by atoms with E-state index < -0.39 is 100 Å². The van der Waals surface area contributed by atoms with Crippen molar-refractivity contribution in [1.29, 1.82) is 0 Å². The minimum absolute atomic E-state index is 0.0382. The van der Waals surface area contributed by atoms with Crippen LogP contribution in [0.4, 0.5) is 11.6 Å². The van der Waals surface area contributed by atoms with Crippen molar-refractivity contribution < 1.29 is 73.3 Å². The molecule has 1 aromatic carbocycles. The van der Waals surface area contributed by atoms with Crippen LogP contribution in [0.2, 0.25) is 0 Å². The average Bonchev–Trinajstić information content (AvgIpc) is 3.35. The first-order chi connectivity index (χ1) is 24.8. The molecule has 1 fully saturated rings. The van der Waals surface area contributed by atoms with Crippen LogP contribution in [0.5, 0.6) is 0 Å². The number of aliphatic hydroxyl groups excluding tert-OH is 5. The number of hydrogen-bond acceptors (Lipinski definition) is 18. The summed E-state index contributed by atoms with van der Waals surface area (Å²) in [4.78, 5) is 59.2. The fourth-order valence-corrected chi connectivity index (χ4v) is 6.18. The van der Waals surface area contributed by atoms with Gasteiger partial charge in [0.15, 0.2) is 23.6 Å². The summed E-state index contributed by atoms with van der Waals surface area (Å²) in [5, 5.41) is 73.2. The zero-order valence-corrected chi connectivity index (χ0v) is 29.1. The van der Waals surface area contributed by atoms with Gasteiger partial charge in [0, 0.05) is 18.5 Å². The number of phosphoric acid groups is 1. The monoisotopic (exact) mass is 772 g/mol. The van der Waals surface area contributed by atoms with Crippen molar-refractivity contribution in [3.63, 3.8) is 0 Å². The van der Waals surface area contributed by atoms with Crippen molar-refractivity contribution in [3.05, 3.63) is 51.6 Å². The molecule has 3 aromatic rings. The number of aliphatic carboxylic acids is 2. The number of benzene rings is 1. The van der Waals surface area contributed by atoms with E-state index in [0.717, 1.165) is 0 Å². The van der Waals surface area contributed by atoms with Gasteiger partial charge in [0.1, 0.15) is 30.5 Å². The number of anilines is 2. The average molecular weight is 773 g/mol. The molecular formula is C30H41N6O16P. The van der Waals surface area contributed by atoms with E-state index in [1.165, 1.54) is 0 Å². The number of nitrogens with zero attached hydrogens (tertiary/aromatic N) is 3. The lowest BCUT2D eigenvalue weighted by molar-refractivity contribution is -0.192. The molecule has 0 radical (unpaired) electrons. The lowest BCUT2D eigenvalue weighted by Crippen LogP contribution is -2.43. The van der Waals surface area contributed by atoms with Crippen LogP contribution in [0.15, 0.2) is 29.1 Å². The highest BCUT2D eigenvalue weighted by Crippen LogP contribution is 2.46. The van der Waals surface area contributed by atoms with Crippen LogP contribution in [-0.2, 0) is 39.1 Å². The van der Waals surface area contributed by atoms with Gasteiger partial charge in [-0.25, -0.2) is 19.3 Å². The number of carboxylic acids is 2. The Hall–Kier alpha value is -4.19. The van der Waals surface area contributed by atoms with E-state index in [1.54, 1.807) is 31.2 Å². The summed E-state index contributed by atoms with van der Waals surface area (Å²) in [6.45, 7) is 1.94. The second-order valence-corrected chi connectivity index (χ2v) is 13.6. The van der Waals surface area contributed by atoms with Gasteiger partial charge in [0.25, 0.3) is 5.56 Å². The molecule has 53 heavy (non-hydrogen) atoms.